The number of alkyl halides is 1. The summed E-state index contributed by atoms with van der Waals surface area (Å²) in [4.78, 5) is 11.3. The third kappa shape index (κ3) is 3.13. The molecule has 0 aliphatic heterocycles. The Kier molecular flexibility index (Phi) is 5.11. The zero-order valence-electron chi connectivity index (χ0n) is 8.90. The molecule has 1 rings (SSSR count). The first kappa shape index (κ1) is 12.8. The summed E-state index contributed by atoms with van der Waals surface area (Å²) >= 11 is 3.27. The lowest BCUT2D eigenvalue weighted by Gasteiger charge is -2.09. The van der Waals surface area contributed by atoms with Gasteiger partial charge < -0.3 is 14.6 Å². The van der Waals surface area contributed by atoms with Gasteiger partial charge in [0.15, 0.2) is 11.5 Å². The lowest BCUT2D eigenvalue weighted by Crippen LogP contribution is -2.04. The number of hydrogen-bond acceptors (Lipinski definition) is 4. The second-order valence-electron chi connectivity index (χ2n) is 3.03. The lowest BCUT2D eigenvalue weighted by molar-refractivity contribution is 0.0596. The molecule has 0 radical (unpaired) electrons. The minimum absolute atomic E-state index is 0.110. The van der Waals surface area contributed by atoms with E-state index >= 15 is 0 Å². The number of halogens is 1. The van der Waals surface area contributed by atoms with Gasteiger partial charge >= 0.3 is 5.97 Å². The normalized spacial score (nSPS) is 9.88. The highest BCUT2D eigenvalue weighted by atomic mass is 79.9. The zero-order chi connectivity index (χ0) is 12.0. The van der Waals surface area contributed by atoms with Crippen LogP contribution in [0.3, 0.4) is 0 Å². The maximum atomic E-state index is 11.3. The van der Waals surface area contributed by atoms with Gasteiger partial charge in [-0.3, -0.25) is 0 Å². The quantitative estimate of drug-likeness (QED) is 0.513. The molecule has 0 spiro atoms. The van der Waals surface area contributed by atoms with Gasteiger partial charge in [-0.05, 0) is 18.6 Å². The summed E-state index contributed by atoms with van der Waals surface area (Å²) in [6.45, 7) is 0.476. The number of benzene rings is 1. The van der Waals surface area contributed by atoms with E-state index in [0.717, 1.165) is 11.8 Å². The minimum atomic E-state index is -0.580. The molecule has 0 heterocycles. The van der Waals surface area contributed by atoms with Gasteiger partial charge in [-0.25, -0.2) is 4.79 Å². The van der Waals surface area contributed by atoms with Crippen molar-refractivity contribution in [1.82, 2.24) is 0 Å². The Morgan fingerprint density at radius 1 is 1.50 bits per heavy atom. The molecule has 0 unspecified atom stereocenters. The highest BCUT2D eigenvalue weighted by Crippen LogP contribution is 2.30. The molecule has 0 amide bonds. The van der Waals surface area contributed by atoms with E-state index in [1.165, 1.54) is 13.2 Å². The number of rotatable bonds is 5. The number of aromatic hydroxyl groups is 1. The number of carbonyl (C=O) groups is 1. The number of methoxy groups -OCH3 is 1. The van der Waals surface area contributed by atoms with Gasteiger partial charge in [0.05, 0.1) is 13.7 Å². The molecule has 1 aromatic rings. The first-order valence-corrected chi connectivity index (χ1v) is 5.92. The van der Waals surface area contributed by atoms with Crippen molar-refractivity contribution in [1.29, 1.82) is 0 Å². The van der Waals surface area contributed by atoms with Crippen molar-refractivity contribution in [3.05, 3.63) is 23.8 Å². The van der Waals surface area contributed by atoms with Crippen LogP contribution in [0, 0.1) is 0 Å². The number of phenols is 1. The van der Waals surface area contributed by atoms with Crippen molar-refractivity contribution in [2.75, 3.05) is 19.0 Å². The van der Waals surface area contributed by atoms with E-state index in [4.69, 9.17) is 4.74 Å². The van der Waals surface area contributed by atoms with Gasteiger partial charge in [-0.15, -0.1) is 0 Å². The summed E-state index contributed by atoms with van der Waals surface area (Å²) in [5, 5.41) is 10.6. The molecule has 0 bridgehead atoms. The van der Waals surface area contributed by atoms with E-state index in [-0.39, 0.29) is 11.3 Å². The van der Waals surface area contributed by atoms with Crippen molar-refractivity contribution in [2.24, 2.45) is 0 Å². The van der Waals surface area contributed by atoms with Crippen LogP contribution in [0.1, 0.15) is 16.8 Å². The van der Waals surface area contributed by atoms with Gasteiger partial charge in [0.1, 0.15) is 5.56 Å². The Balaban J connectivity index is 2.82. The predicted octanol–water partition coefficient (Wildman–Crippen LogP) is 2.34. The summed E-state index contributed by atoms with van der Waals surface area (Å²) < 4.78 is 9.86. The molecule has 0 fully saturated rings. The molecule has 16 heavy (non-hydrogen) atoms. The van der Waals surface area contributed by atoms with Crippen LogP contribution >= 0.6 is 15.9 Å². The zero-order valence-corrected chi connectivity index (χ0v) is 10.5. The molecule has 0 aliphatic carbocycles. The largest absolute Gasteiger partial charge is 0.504 e. The standard InChI is InChI=1S/C11H13BrO4/c1-15-11(14)8-4-2-5-9(10(8)13)16-7-3-6-12/h2,4-5,13H,3,6-7H2,1H3. The van der Waals surface area contributed by atoms with Gasteiger partial charge in [-0.1, -0.05) is 22.0 Å². The molecule has 0 aromatic heterocycles. The Morgan fingerprint density at radius 2 is 2.25 bits per heavy atom. The molecule has 88 valence electrons. The van der Waals surface area contributed by atoms with Gasteiger partial charge in [0.2, 0.25) is 0 Å². The molecule has 1 N–H and O–H groups in total. The third-order valence-corrected chi connectivity index (χ3v) is 2.50. The van der Waals surface area contributed by atoms with Crippen molar-refractivity contribution < 1.29 is 19.4 Å². The molecule has 4 nitrogen and oxygen atoms in total. The van der Waals surface area contributed by atoms with Crippen molar-refractivity contribution >= 4 is 21.9 Å². The second-order valence-corrected chi connectivity index (χ2v) is 3.83. The molecule has 0 atom stereocenters. The van der Waals surface area contributed by atoms with Crippen LogP contribution in [-0.4, -0.2) is 30.1 Å². The smallest absolute Gasteiger partial charge is 0.341 e. The summed E-state index contributed by atoms with van der Waals surface area (Å²) in [5.74, 6) is -0.462. The Labute approximate surface area is 102 Å². The molecule has 0 saturated carbocycles. The Morgan fingerprint density at radius 3 is 2.88 bits per heavy atom. The first-order chi connectivity index (χ1) is 7.70. The first-order valence-electron chi connectivity index (χ1n) is 4.79. The van der Waals surface area contributed by atoms with E-state index in [2.05, 4.69) is 20.7 Å². The minimum Gasteiger partial charge on any atom is -0.504 e. The Hall–Kier alpha value is -1.23. The SMILES string of the molecule is COC(=O)c1cccc(OCCCBr)c1O. The average molecular weight is 289 g/mol. The third-order valence-electron chi connectivity index (χ3n) is 1.94. The van der Waals surface area contributed by atoms with Gasteiger partial charge in [0.25, 0.3) is 0 Å². The molecule has 1 aromatic carbocycles. The van der Waals surface area contributed by atoms with Crippen LogP contribution < -0.4 is 4.74 Å². The fourth-order valence-electron chi connectivity index (χ4n) is 1.15. The van der Waals surface area contributed by atoms with Crippen LogP contribution in [0.15, 0.2) is 18.2 Å². The summed E-state index contributed by atoms with van der Waals surface area (Å²) in [7, 11) is 1.26. The van der Waals surface area contributed by atoms with Crippen molar-refractivity contribution in [3.63, 3.8) is 0 Å². The average Bonchev–Trinajstić information content (AvgIpc) is 2.30. The maximum Gasteiger partial charge on any atom is 0.341 e. The predicted molar refractivity (Wildman–Crippen MR) is 63.4 cm³/mol. The van der Waals surface area contributed by atoms with E-state index in [9.17, 15) is 9.90 Å². The number of carbonyl (C=O) groups excluding carboxylic acids is 1. The fourth-order valence-corrected chi connectivity index (χ4v) is 1.38. The number of phenolic OH excluding ortho intramolecular Hbond substituents is 1. The van der Waals surface area contributed by atoms with Crippen LogP contribution in [-0.2, 0) is 4.74 Å². The van der Waals surface area contributed by atoms with E-state index in [1.54, 1.807) is 12.1 Å². The van der Waals surface area contributed by atoms with Crippen LogP contribution in [0.2, 0.25) is 0 Å². The molecular weight excluding hydrogens is 276 g/mol. The molecule has 0 aliphatic rings. The van der Waals surface area contributed by atoms with Crippen LogP contribution in [0.4, 0.5) is 0 Å². The van der Waals surface area contributed by atoms with Crippen molar-refractivity contribution in [3.8, 4) is 11.5 Å². The van der Waals surface area contributed by atoms with Gasteiger partial charge in [-0.2, -0.15) is 0 Å². The lowest BCUT2D eigenvalue weighted by atomic mass is 10.2. The number of hydrogen-bond donors (Lipinski definition) is 1. The highest BCUT2D eigenvalue weighted by molar-refractivity contribution is 9.09. The summed E-state index contributed by atoms with van der Waals surface area (Å²) in [6.07, 6.45) is 0.821. The monoisotopic (exact) mass is 288 g/mol. The van der Waals surface area contributed by atoms with Crippen molar-refractivity contribution in [2.45, 2.75) is 6.42 Å². The van der Waals surface area contributed by atoms with Gasteiger partial charge in [0, 0.05) is 5.33 Å². The topological polar surface area (TPSA) is 55.8 Å². The summed E-state index contributed by atoms with van der Waals surface area (Å²) in [6, 6.07) is 4.73. The number of ether oxygens (including phenoxy) is 2. The molecule has 5 heteroatoms. The van der Waals surface area contributed by atoms with E-state index in [0.29, 0.717) is 12.4 Å². The molecule has 0 saturated heterocycles. The maximum absolute atomic E-state index is 11.3. The highest BCUT2D eigenvalue weighted by Gasteiger charge is 2.14. The number of esters is 1. The van der Waals surface area contributed by atoms with Crippen LogP contribution in [0.25, 0.3) is 0 Å². The second kappa shape index (κ2) is 6.37. The van der Waals surface area contributed by atoms with Crippen LogP contribution in [0.5, 0.6) is 11.5 Å². The number of para-hydroxylation sites is 1. The summed E-state index contributed by atoms with van der Waals surface area (Å²) in [5.41, 5.74) is 0.110. The van der Waals surface area contributed by atoms with E-state index in [1.807, 2.05) is 0 Å². The van der Waals surface area contributed by atoms with E-state index < -0.39 is 5.97 Å². The Bertz CT molecular complexity index is 365. The fraction of sp³-hybridized carbons (Fsp3) is 0.364. The molecular formula is C11H13BrO4.